The molecule has 0 unspecified atom stereocenters. The number of anilines is 1. The number of rotatable bonds is 7. The second kappa shape index (κ2) is 9.99. The highest BCUT2D eigenvalue weighted by Crippen LogP contribution is 2.38. The van der Waals surface area contributed by atoms with E-state index in [4.69, 9.17) is 4.74 Å². The van der Waals surface area contributed by atoms with E-state index in [-0.39, 0.29) is 23.9 Å². The molecule has 3 heterocycles. The second-order valence-corrected chi connectivity index (χ2v) is 9.35. The molecule has 2 N–H and O–H groups in total. The van der Waals surface area contributed by atoms with Crippen LogP contribution in [0.15, 0.2) is 52.7 Å². The largest absolute Gasteiger partial charge is 0.464 e. The lowest BCUT2D eigenvalue weighted by Crippen LogP contribution is -2.52. The molecule has 2 aliphatic rings. The molecule has 9 nitrogen and oxygen atoms in total. The molecule has 0 fully saturated rings. The fourth-order valence-corrected chi connectivity index (χ4v) is 4.45. The summed E-state index contributed by atoms with van der Waals surface area (Å²) in [6.45, 7) is 7.65. The summed E-state index contributed by atoms with van der Waals surface area (Å²) in [6.07, 6.45) is 1.07. The number of likely N-dealkylation sites (N-methyl/N-ethyl adjacent to an activating group) is 1. The van der Waals surface area contributed by atoms with Gasteiger partial charge >= 0.3 is 12.0 Å². The number of amides is 2. The van der Waals surface area contributed by atoms with Crippen LogP contribution < -0.4 is 15.4 Å². The Balaban J connectivity index is 1.51. The van der Waals surface area contributed by atoms with Gasteiger partial charge in [0.05, 0.1) is 37.5 Å². The molecule has 1 aromatic heterocycles. The topological polar surface area (TPSA) is 95.0 Å². The first-order chi connectivity index (χ1) is 16.7. The first kappa shape index (κ1) is 24.6. The van der Waals surface area contributed by atoms with Crippen LogP contribution in [0.4, 0.5) is 15.0 Å². The average molecular weight is 482 g/mol. The summed E-state index contributed by atoms with van der Waals surface area (Å²) in [5.74, 6) is -0.102. The first-order valence-corrected chi connectivity index (χ1v) is 11.7. The molecule has 4 rings (SSSR count). The summed E-state index contributed by atoms with van der Waals surface area (Å²) in [7, 11) is 3.96. The van der Waals surface area contributed by atoms with Crippen molar-refractivity contribution >= 4 is 17.7 Å². The molecule has 0 aliphatic carbocycles. The van der Waals surface area contributed by atoms with E-state index in [9.17, 15) is 9.18 Å². The number of nitrogens with zero attached hydrogens (tertiary/aromatic N) is 5. The maximum atomic E-state index is 14.4. The number of halogens is 1. The summed E-state index contributed by atoms with van der Waals surface area (Å²) in [5, 5.41) is 6.20. The van der Waals surface area contributed by atoms with Crippen molar-refractivity contribution in [2.45, 2.75) is 32.4 Å². The molecule has 1 atom stereocenters. The predicted octanol–water partition coefficient (Wildman–Crippen LogP) is 3.24. The number of amidine groups is 1. The minimum absolute atomic E-state index is 0.00761. The molecule has 0 radical (unpaired) electrons. The van der Waals surface area contributed by atoms with Crippen LogP contribution in [0.3, 0.4) is 0 Å². The van der Waals surface area contributed by atoms with Crippen LogP contribution in [0, 0.1) is 5.82 Å². The van der Waals surface area contributed by atoms with Crippen LogP contribution in [0.25, 0.3) is 0 Å². The predicted molar refractivity (Wildman–Crippen MR) is 133 cm³/mol. The van der Waals surface area contributed by atoms with Gasteiger partial charge in [-0.3, -0.25) is 4.99 Å². The number of benzene rings is 1. The third kappa shape index (κ3) is 5.12. The molecular weight excluding hydrogens is 449 g/mol. The standard InChI is InChI=1S/C25H32FN7O2/c1-6-35-23-28-13-19(26)22(31-23)30-21-17-14-33(25(2,3)18(17)12-27-21)24(34)29-20(15-32(4)5)16-10-8-7-9-11-16/h7-11,13,20H,6,12,14-15H2,1-5H3,(H,29,34)(H,27,28,30,31)/t20-/m1/s1. The smallest absolute Gasteiger partial charge is 0.318 e. The highest BCUT2D eigenvalue weighted by Gasteiger charge is 2.45. The van der Waals surface area contributed by atoms with E-state index in [0.717, 1.165) is 22.9 Å². The SMILES string of the molecule is CCOc1ncc(F)c(NC2=NCC3=C2CN(C(=O)N[C@H](CN(C)C)c2ccccc2)C3(C)C)n1. The van der Waals surface area contributed by atoms with E-state index < -0.39 is 11.4 Å². The number of carbonyl (C=O) groups excluding carboxylic acids is 1. The average Bonchev–Trinajstić information content (AvgIpc) is 3.34. The molecule has 10 heteroatoms. The van der Waals surface area contributed by atoms with Gasteiger partial charge in [0, 0.05) is 12.1 Å². The highest BCUT2D eigenvalue weighted by atomic mass is 19.1. The van der Waals surface area contributed by atoms with Crippen molar-refractivity contribution in [1.82, 2.24) is 25.1 Å². The Hall–Kier alpha value is -3.53. The van der Waals surface area contributed by atoms with E-state index in [1.165, 1.54) is 0 Å². The first-order valence-electron chi connectivity index (χ1n) is 11.7. The van der Waals surface area contributed by atoms with Gasteiger partial charge in [0.15, 0.2) is 11.6 Å². The van der Waals surface area contributed by atoms with E-state index in [1.54, 1.807) is 6.92 Å². The molecule has 1 aromatic carbocycles. The molecule has 0 saturated heterocycles. The minimum atomic E-state index is -0.605. The Kier molecular flexibility index (Phi) is 7.02. The van der Waals surface area contributed by atoms with Gasteiger partial charge in [-0.05, 0) is 46.0 Å². The van der Waals surface area contributed by atoms with Crippen molar-refractivity contribution in [3.05, 3.63) is 59.1 Å². The Morgan fingerprint density at radius 1 is 1.29 bits per heavy atom. The molecule has 0 spiro atoms. The summed E-state index contributed by atoms with van der Waals surface area (Å²) in [6, 6.07) is 9.70. The fraction of sp³-hybridized carbons (Fsp3) is 0.440. The number of ether oxygens (including phenoxy) is 1. The molecule has 2 amide bonds. The molecule has 2 aliphatic heterocycles. The summed E-state index contributed by atoms with van der Waals surface area (Å²) in [5.41, 5.74) is 2.40. The lowest BCUT2D eigenvalue weighted by molar-refractivity contribution is 0.165. The molecule has 0 bridgehead atoms. The van der Waals surface area contributed by atoms with Gasteiger partial charge < -0.3 is 25.2 Å². The lowest BCUT2D eigenvalue weighted by atomic mass is 9.94. The lowest BCUT2D eigenvalue weighted by Gasteiger charge is -2.36. The van der Waals surface area contributed by atoms with Crippen molar-refractivity contribution in [2.75, 3.05) is 45.7 Å². The van der Waals surface area contributed by atoms with Crippen molar-refractivity contribution in [3.63, 3.8) is 0 Å². The normalized spacial score (nSPS) is 17.3. The van der Waals surface area contributed by atoms with Crippen LogP contribution >= 0.6 is 0 Å². The Labute approximate surface area is 205 Å². The molecule has 35 heavy (non-hydrogen) atoms. The number of nitrogens with one attached hydrogen (secondary N) is 2. The fourth-order valence-electron chi connectivity index (χ4n) is 4.45. The summed E-state index contributed by atoms with van der Waals surface area (Å²) in [4.78, 5) is 29.9. The van der Waals surface area contributed by atoms with Crippen molar-refractivity contribution in [2.24, 2.45) is 4.99 Å². The van der Waals surface area contributed by atoms with Gasteiger partial charge in [0.25, 0.3) is 0 Å². The van der Waals surface area contributed by atoms with E-state index in [2.05, 4.69) is 25.6 Å². The highest BCUT2D eigenvalue weighted by molar-refractivity contribution is 6.11. The number of hydrogen-bond donors (Lipinski definition) is 2. The zero-order valence-corrected chi connectivity index (χ0v) is 20.8. The zero-order chi connectivity index (χ0) is 25.2. The number of urea groups is 1. The van der Waals surface area contributed by atoms with E-state index in [1.807, 2.05) is 68.1 Å². The van der Waals surface area contributed by atoms with Crippen molar-refractivity contribution < 1.29 is 13.9 Å². The van der Waals surface area contributed by atoms with Crippen LogP contribution in [0.1, 0.15) is 32.4 Å². The van der Waals surface area contributed by atoms with Crippen LogP contribution in [-0.4, -0.2) is 77.5 Å². The van der Waals surface area contributed by atoms with Gasteiger partial charge in [-0.2, -0.15) is 4.98 Å². The molecule has 2 aromatic rings. The van der Waals surface area contributed by atoms with Crippen LogP contribution in [0.5, 0.6) is 6.01 Å². The maximum Gasteiger partial charge on any atom is 0.318 e. The zero-order valence-electron chi connectivity index (χ0n) is 20.8. The quantitative estimate of drug-likeness (QED) is 0.631. The minimum Gasteiger partial charge on any atom is -0.464 e. The van der Waals surface area contributed by atoms with Crippen molar-refractivity contribution in [1.29, 1.82) is 0 Å². The van der Waals surface area contributed by atoms with E-state index >= 15 is 0 Å². The molecule has 186 valence electrons. The van der Waals surface area contributed by atoms with Crippen LogP contribution in [0.2, 0.25) is 0 Å². The van der Waals surface area contributed by atoms with Gasteiger partial charge in [-0.1, -0.05) is 30.3 Å². The molecular formula is C25H32FN7O2. The number of carbonyl (C=O) groups is 1. The Bertz CT molecular complexity index is 1150. The van der Waals surface area contributed by atoms with Crippen molar-refractivity contribution in [3.8, 4) is 6.01 Å². The number of aromatic nitrogens is 2. The Morgan fingerprint density at radius 3 is 2.71 bits per heavy atom. The van der Waals surface area contributed by atoms with Gasteiger partial charge in [0.1, 0.15) is 5.84 Å². The summed E-state index contributed by atoms with van der Waals surface area (Å²) < 4.78 is 19.7. The Morgan fingerprint density at radius 2 is 2.03 bits per heavy atom. The summed E-state index contributed by atoms with van der Waals surface area (Å²) >= 11 is 0. The number of aliphatic imine (C=N–C) groups is 1. The van der Waals surface area contributed by atoms with Gasteiger partial charge in [0.2, 0.25) is 0 Å². The maximum absolute atomic E-state index is 14.4. The monoisotopic (exact) mass is 481 g/mol. The van der Waals surface area contributed by atoms with E-state index in [0.29, 0.717) is 32.1 Å². The van der Waals surface area contributed by atoms with Crippen LogP contribution in [-0.2, 0) is 0 Å². The second-order valence-electron chi connectivity index (χ2n) is 9.35. The number of hydrogen-bond acceptors (Lipinski definition) is 7. The van der Waals surface area contributed by atoms with Gasteiger partial charge in [-0.15, -0.1) is 0 Å². The molecule has 0 saturated carbocycles. The third-order valence-corrected chi connectivity index (χ3v) is 6.30. The van der Waals surface area contributed by atoms with Gasteiger partial charge in [-0.25, -0.2) is 14.2 Å². The third-order valence-electron chi connectivity index (χ3n) is 6.30.